The third kappa shape index (κ3) is 3.48. The van der Waals surface area contributed by atoms with Crippen LogP contribution in [-0.2, 0) is 21.2 Å². The quantitative estimate of drug-likeness (QED) is 0.755. The first kappa shape index (κ1) is 19.9. The average molecular weight is 406 g/mol. The van der Waals surface area contributed by atoms with Gasteiger partial charge >= 0.3 is 0 Å². The largest absolute Gasteiger partial charge is 0.309 e. The molecule has 2 aliphatic heterocycles. The normalized spacial score (nSPS) is 24.2. The minimum Gasteiger partial charge on any atom is -0.309 e. The van der Waals surface area contributed by atoms with Crippen LogP contribution in [0.3, 0.4) is 0 Å². The Labute approximate surface area is 168 Å². The number of hydrogen-bond donors (Lipinski definition) is 0. The van der Waals surface area contributed by atoms with Gasteiger partial charge in [-0.25, -0.2) is 8.42 Å². The zero-order valence-corrected chi connectivity index (χ0v) is 17.7. The van der Waals surface area contributed by atoms with Crippen LogP contribution in [0.1, 0.15) is 45.1 Å². The van der Waals surface area contributed by atoms with E-state index >= 15 is 0 Å². The van der Waals surface area contributed by atoms with Gasteiger partial charge in [0.05, 0.1) is 4.90 Å². The highest BCUT2D eigenvalue weighted by Gasteiger charge is 2.38. The van der Waals surface area contributed by atoms with Crippen LogP contribution in [-0.4, -0.2) is 62.3 Å². The topological polar surface area (TPSA) is 60.9 Å². The second kappa shape index (κ2) is 7.76. The zero-order valence-electron chi connectivity index (χ0n) is 16.9. The summed E-state index contributed by atoms with van der Waals surface area (Å²) in [4.78, 5) is 17.4. The third-order valence-corrected chi connectivity index (χ3v) is 8.36. The molecular formula is C21H31N3O3S. The lowest BCUT2D eigenvalue weighted by Gasteiger charge is -2.34. The molecule has 1 aromatic carbocycles. The Morgan fingerprint density at radius 3 is 2.46 bits per heavy atom. The molecule has 1 amide bonds. The average Bonchev–Trinajstić information content (AvgIpc) is 2.95. The van der Waals surface area contributed by atoms with Crippen LogP contribution in [0.5, 0.6) is 0 Å². The van der Waals surface area contributed by atoms with Gasteiger partial charge in [0.1, 0.15) is 0 Å². The van der Waals surface area contributed by atoms with E-state index in [9.17, 15) is 13.2 Å². The number of amides is 1. The van der Waals surface area contributed by atoms with Crippen molar-refractivity contribution in [2.24, 2.45) is 5.92 Å². The highest BCUT2D eigenvalue weighted by molar-refractivity contribution is 7.89. The van der Waals surface area contributed by atoms with Crippen molar-refractivity contribution >= 4 is 21.6 Å². The minimum atomic E-state index is -3.48. The number of anilines is 1. The number of carbonyl (C=O) groups excluding carboxylic acids is 1. The van der Waals surface area contributed by atoms with Crippen LogP contribution < -0.4 is 4.90 Å². The van der Waals surface area contributed by atoms with Crippen molar-refractivity contribution in [1.82, 2.24) is 9.21 Å². The van der Waals surface area contributed by atoms with Crippen molar-refractivity contribution in [2.75, 3.05) is 37.6 Å². The van der Waals surface area contributed by atoms with E-state index in [-0.39, 0.29) is 17.9 Å². The van der Waals surface area contributed by atoms with Crippen molar-refractivity contribution in [3.63, 3.8) is 0 Å². The number of piperazine rings is 1. The molecule has 1 aromatic rings. The van der Waals surface area contributed by atoms with Gasteiger partial charge < -0.3 is 9.80 Å². The highest BCUT2D eigenvalue weighted by Crippen LogP contribution is 2.38. The van der Waals surface area contributed by atoms with Crippen LogP contribution in [0.25, 0.3) is 0 Å². The van der Waals surface area contributed by atoms with Crippen molar-refractivity contribution in [2.45, 2.75) is 56.9 Å². The Bertz CT molecular complexity index is 842. The Hall–Kier alpha value is -1.44. The molecule has 1 saturated carbocycles. The van der Waals surface area contributed by atoms with E-state index in [0.29, 0.717) is 18.0 Å². The molecule has 7 heteroatoms. The molecule has 28 heavy (non-hydrogen) atoms. The molecule has 1 atom stereocenters. The first-order valence-electron chi connectivity index (χ1n) is 10.6. The van der Waals surface area contributed by atoms with Gasteiger partial charge in [-0.1, -0.05) is 13.3 Å². The van der Waals surface area contributed by atoms with E-state index in [1.54, 1.807) is 16.4 Å². The van der Waals surface area contributed by atoms with Crippen molar-refractivity contribution in [1.29, 1.82) is 0 Å². The second-order valence-corrected chi connectivity index (χ2v) is 10.4. The molecule has 0 unspecified atom stereocenters. The second-order valence-electron chi connectivity index (χ2n) is 8.43. The maximum Gasteiger partial charge on any atom is 0.243 e. The minimum absolute atomic E-state index is 0.0960. The summed E-state index contributed by atoms with van der Waals surface area (Å²) < 4.78 is 27.9. The molecular weight excluding hydrogens is 374 g/mol. The van der Waals surface area contributed by atoms with E-state index in [2.05, 4.69) is 18.7 Å². The number of benzene rings is 1. The third-order valence-electron chi connectivity index (χ3n) is 6.47. The Balaban J connectivity index is 1.53. The van der Waals surface area contributed by atoms with Gasteiger partial charge in [-0.2, -0.15) is 4.31 Å². The van der Waals surface area contributed by atoms with Gasteiger partial charge in [-0.05, 0) is 62.9 Å². The lowest BCUT2D eigenvalue weighted by atomic mass is 9.84. The molecule has 1 saturated heterocycles. The van der Waals surface area contributed by atoms with Crippen LogP contribution in [0.2, 0.25) is 0 Å². The van der Waals surface area contributed by atoms with Gasteiger partial charge in [-0.15, -0.1) is 0 Å². The van der Waals surface area contributed by atoms with Gasteiger partial charge in [0, 0.05) is 43.8 Å². The van der Waals surface area contributed by atoms with E-state index in [1.165, 1.54) is 0 Å². The molecule has 2 fully saturated rings. The summed E-state index contributed by atoms with van der Waals surface area (Å²) in [6.45, 7) is 7.89. The predicted octanol–water partition coefficient (Wildman–Crippen LogP) is 2.48. The predicted molar refractivity (Wildman–Crippen MR) is 110 cm³/mol. The first-order valence-corrected chi connectivity index (χ1v) is 12.0. The number of hydrogen-bond acceptors (Lipinski definition) is 4. The fourth-order valence-electron chi connectivity index (χ4n) is 4.61. The summed E-state index contributed by atoms with van der Waals surface area (Å²) in [6, 6.07) is 5.42. The maximum absolute atomic E-state index is 13.1. The number of fused-ring (bicyclic) bond motifs is 1. The Morgan fingerprint density at radius 2 is 1.86 bits per heavy atom. The summed E-state index contributed by atoms with van der Waals surface area (Å²) >= 11 is 0. The van der Waals surface area contributed by atoms with Crippen molar-refractivity contribution in [3.8, 4) is 0 Å². The van der Waals surface area contributed by atoms with E-state index in [4.69, 9.17) is 0 Å². The molecule has 154 valence electrons. The first-order chi connectivity index (χ1) is 13.4. The maximum atomic E-state index is 13.1. The number of sulfonamides is 1. The van der Waals surface area contributed by atoms with E-state index in [1.807, 2.05) is 11.0 Å². The monoisotopic (exact) mass is 405 g/mol. The molecule has 0 bridgehead atoms. The zero-order chi connectivity index (χ0) is 19.9. The summed E-state index contributed by atoms with van der Waals surface area (Å²) in [5, 5.41) is 0. The molecule has 0 radical (unpaired) electrons. The molecule has 6 nitrogen and oxygen atoms in total. The van der Waals surface area contributed by atoms with Gasteiger partial charge in [-0.3, -0.25) is 4.79 Å². The number of rotatable bonds is 5. The lowest BCUT2D eigenvalue weighted by molar-refractivity contribution is -0.125. The van der Waals surface area contributed by atoms with E-state index in [0.717, 1.165) is 63.0 Å². The molecule has 0 spiro atoms. The van der Waals surface area contributed by atoms with Crippen molar-refractivity contribution < 1.29 is 13.2 Å². The smallest absolute Gasteiger partial charge is 0.243 e. The summed E-state index contributed by atoms with van der Waals surface area (Å²) in [5.74, 6) is 0.358. The highest BCUT2D eigenvalue weighted by atomic mass is 32.2. The lowest BCUT2D eigenvalue weighted by Crippen LogP contribution is -2.48. The number of nitrogens with zero attached hydrogens (tertiary/aromatic N) is 3. The Kier molecular flexibility index (Phi) is 5.51. The standard InChI is InChI=1S/C21H31N3O3S/c1-3-9-22-10-12-23(13-11-22)28(26,27)19-7-8-20-18(15-19)14-16(2)24(20)21(25)17-5-4-6-17/h7-8,15-17H,3-6,9-14H2,1-2H3/t16-/m1/s1. The molecule has 3 aliphatic rings. The van der Waals surface area contributed by atoms with Crippen LogP contribution in [0, 0.1) is 5.92 Å². The molecule has 1 aliphatic carbocycles. The van der Waals surface area contributed by atoms with Gasteiger partial charge in [0.15, 0.2) is 0 Å². The molecule has 4 rings (SSSR count). The summed E-state index contributed by atoms with van der Waals surface area (Å²) in [5.41, 5.74) is 1.88. The van der Waals surface area contributed by atoms with Crippen LogP contribution >= 0.6 is 0 Å². The fourth-order valence-corrected chi connectivity index (χ4v) is 6.09. The Morgan fingerprint density at radius 1 is 1.14 bits per heavy atom. The summed E-state index contributed by atoms with van der Waals surface area (Å²) in [7, 11) is -3.48. The SMILES string of the molecule is CCCN1CCN(S(=O)(=O)c2ccc3c(c2)C[C@@H](C)N3C(=O)C2CCC2)CC1. The van der Waals surface area contributed by atoms with Crippen LogP contribution in [0.15, 0.2) is 23.1 Å². The van der Waals surface area contributed by atoms with Crippen LogP contribution in [0.4, 0.5) is 5.69 Å². The van der Waals surface area contributed by atoms with E-state index < -0.39 is 10.0 Å². The molecule has 2 heterocycles. The van der Waals surface area contributed by atoms with Crippen molar-refractivity contribution in [3.05, 3.63) is 23.8 Å². The molecule has 0 aromatic heterocycles. The molecule has 0 N–H and O–H groups in total. The van der Waals surface area contributed by atoms with Gasteiger partial charge in [0.25, 0.3) is 0 Å². The summed E-state index contributed by atoms with van der Waals surface area (Å²) in [6.07, 6.45) is 4.91. The fraction of sp³-hybridized carbons (Fsp3) is 0.667. The number of carbonyl (C=O) groups is 1. The van der Waals surface area contributed by atoms with Gasteiger partial charge in [0.2, 0.25) is 15.9 Å².